The molecule has 0 bridgehead atoms. The van der Waals surface area contributed by atoms with Crippen LogP contribution < -0.4 is 5.32 Å². The Hall–Kier alpha value is -1.35. The quantitative estimate of drug-likeness (QED) is 0.843. The maximum absolute atomic E-state index is 12.4. The van der Waals surface area contributed by atoms with Crippen LogP contribution in [0, 0.1) is 19.8 Å². The van der Waals surface area contributed by atoms with Crippen LogP contribution in [0.5, 0.6) is 0 Å². The summed E-state index contributed by atoms with van der Waals surface area (Å²) in [5.41, 5.74) is 3.33. The Morgan fingerprint density at radius 1 is 1.25 bits per heavy atom. The molecule has 0 aromatic heterocycles. The molecule has 1 aromatic carbocycles. The van der Waals surface area contributed by atoms with Gasteiger partial charge in [-0.1, -0.05) is 23.8 Å². The van der Waals surface area contributed by atoms with Crippen LogP contribution in [-0.2, 0) is 9.53 Å². The van der Waals surface area contributed by atoms with Gasteiger partial charge in [0, 0.05) is 19.0 Å². The minimum Gasteiger partial charge on any atom is -0.460 e. The zero-order valence-corrected chi connectivity index (χ0v) is 13.1. The highest BCUT2D eigenvalue weighted by Gasteiger charge is 2.37. The molecule has 0 saturated carbocycles. The first kappa shape index (κ1) is 15.0. The Kier molecular flexibility index (Phi) is 4.19. The van der Waals surface area contributed by atoms with Crippen molar-refractivity contribution in [3.05, 3.63) is 34.9 Å². The minimum atomic E-state index is -0.425. The van der Waals surface area contributed by atoms with Crippen molar-refractivity contribution in [2.45, 2.75) is 46.1 Å². The summed E-state index contributed by atoms with van der Waals surface area (Å²) in [7, 11) is 0. The van der Waals surface area contributed by atoms with Crippen molar-refractivity contribution in [3.8, 4) is 0 Å². The fraction of sp³-hybridized carbons (Fsp3) is 0.588. The zero-order chi connectivity index (χ0) is 14.9. The van der Waals surface area contributed by atoms with Gasteiger partial charge in [-0.3, -0.25) is 4.79 Å². The Balaban J connectivity index is 2.23. The van der Waals surface area contributed by atoms with Gasteiger partial charge < -0.3 is 10.1 Å². The third-order valence-corrected chi connectivity index (χ3v) is 3.76. The highest BCUT2D eigenvalue weighted by Crippen LogP contribution is 2.32. The van der Waals surface area contributed by atoms with E-state index in [-0.39, 0.29) is 17.8 Å². The molecule has 3 heteroatoms. The maximum Gasteiger partial charge on any atom is 0.311 e. The van der Waals surface area contributed by atoms with Crippen molar-refractivity contribution in [1.82, 2.24) is 5.32 Å². The van der Waals surface area contributed by atoms with Crippen LogP contribution in [0.15, 0.2) is 18.2 Å². The lowest BCUT2D eigenvalue weighted by atomic mass is 9.85. The van der Waals surface area contributed by atoms with Crippen LogP contribution in [0.1, 0.15) is 43.4 Å². The smallest absolute Gasteiger partial charge is 0.311 e. The van der Waals surface area contributed by atoms with Crippen LogP contribution in [0.2, 0.25) is 0 Å². The fourth-order valence-electron chi connectivity index (χ4n) is 2.79. The summed E-state index contributed by atoms with van der Waals surface area (Å²) in [6.07, 6.45) is 0. The molecule has 1 N–H and O–H groups in total. The number of hydrogen-bond acceptors (Lipinski definition) is 3. The van der Waals surface area contributed by atoms with Crippen LogP contribution >= 0.6 is 0 Å². The first-order chi connectivity index (χ1) is 9.28. The molecular weight excluding hydrogens is 250 g/mol. The van der Waals surface area contributed by atoms with Crippen LogP contribution in [0.3, 0.4) is 0 Å². The Labute approximate surface area is 121 Å². The van der Waals surface area contributed by atoms with Crippen molar-refractivity contribution in [2.75, 3.05) is 13.1 Å². The van der Waals surface area contributed by atoms with Gasteiger partial charge >= 0.3 is 5.97 Å². The molecule has 1 aliphatic rings. The molecule has 0 unspecified atom stereocenters. The molecule has 2 rings (SSSR count). The van der Waals surface area contributed by atoms with Crippen molar-refractivity contribution in [3.63, 3.8) is 0 Å². The lowest BCUT2D eigenvalue weighted by Gasteiger charge is -2.25. The Morgan fingerprint density at radius 2 is 1.95 bits per heavy atom. The number of nitrogens with one attached hydrogen (secondary N) is 1. The maximum atomic E-state index is 12.4. The largest absolute Gasteiger partial charge is 0.460 e. The van der Waals surface area contributed by atoms with Gasteiger partial charge in [0.25, 0.3) is 0 Å². The number of carbonyl (C=O) groups is 1. The molecular formula is C17H25NO2. The van der Waals surface area contributed by atoms with Crippen molar-refractivity contribution >= 4 is 5.97 Å². The van der Waals surface area contributed by atoms with Crippen LogP contribution in [0.4, 0.5) is 0 Å². The molecule has 20 heavy (non-hydrogen) atoms. The molecule has 1 aliphatic heterocycles. The topological polar surface area (TPSA) is 38.3 Å². The lowest BCUT2D eigenvalue weighted by molar-refractivity contribution is -0.159. The average molecular weight is 275 g/mol. The van der Waals surface area contributed by atoms with Crippen molar-refractivity contribution < 1.29 is 9.53 Å². The van der Waals surface area contributed by atoms with E-state index in [0.29, 0.717) is 6.54 Å². The predicted octanol–water partition coefficient (Wildman–Crippen LogP) is 2.95. The van der Waals surface area contributed by atoms with E-state index in [9.17, 15) is 4.79 Å². The summed E-state index contributed by atoms with van der Waals surface area (Å²) in [6.45, 7) is 11.5. The summed E-state index contributed by atoms with van der Waals surface area (Å²) in [5.74, 6) is 0.0351. The second-order valence-corrected chi connectivity index (χ2v) is 6.76. The van der Waals surface area contributed by atoms with E-state index in [4.69, 9.17) is 4.74 Å². The second kappa shape index (κ2) is 5.57. The first-order valence-corrected chi connectivity index (χ1v) is 7.28. The fourth-order valence-corrected chi connectivity index (χ4v) is 2.79. The molecule has 0 aliphatic carbocycles. The summed E-state index contributed by atoms with van der Waals surface area (Å²) < 4.78 is 5.56. The summed E-state index contributed by atoms with van der Waals surface area (Å²) in [4.78, 5) is 12.4. The molecule has 1 saturated heterocycles. The summed E-state index contributed by atoms with van der Waals surface area (Å²) >= 11 is 0. The van der Waals surface area contributed by atoms with E-state index >= 15 is 0 Å². The molecule has 0 spiro atoms. The van der Waals surface area contributed by atoms with Gasteiger partial charge in [-0.15, -0.1) is 0 Å². The van der Waals surface area contributed by atoms with Gasteiger partial charge in [-0.25, -0.2) is 0 Å². The zero-order valence-electron chi connectivity index (χ0n) is 13.1. The van der Waals surface area contributed by atoms with Crippen molar-refractivity contribution in [2.24, 2.45) is 5.92 Å². The van der Waals surface area contributed by atoms with Gasteiger partial charge in [-0.2, -0.15) is 0 Å². The highest BCUT2D eigenvalue weighted by molar-refractivity contribution is 5.75. The van der Waals surface area contributed by atoms with E-state index in [1.807, 2.05) is 20.8 Å². The van der Waals surface area contributed by atoms with Gasteiger partial charge in [0.2, 0.25) is 0 Å². The number of aryl methyl sites for hydroxylation is 2. The Bertz CT molecular complexity index is 502. The van der Waals surface area contributed by atoms with E-state index in [2.05, 4.69) is 37.4 Å². The van der Waals surface area contributed by atoms with Crippen LogP contribution in [0.25, 0.3) is 0 Å². The average Bonchev–Trinajstić information content (AvgIpc) is 2.79. The number of ether oxygens (including phenoxy) is 1. The van der Waals surface area contributed by atoms with Crippen LogP contribution in [-0.4, -0.2) is 24.7 Å². The number of esters is 1. The van der Waals surface area contributed by atoms with E-state index < -0.39 is 5.60 Å². The highest BCUT2D eigenvalue weighted by atomic mass is 16.6. The van der Waals surface area contributed by atoms with E-state index in [1.165, 1.54) is 16.7 Å². The molecule has 1 fully saturated rings. The molecule has 1 aromatic rings. The van der Waals surface area contributed by atoms with E-state index in [0.717, 1.165) is 6.54 Å². The number of benzene rings is 1. The van der Waals surface area contributed by atoms with Gasteiger partial charge in [0.05, 0.1) is 5.92 Å². The van der Waals surface area contributed by atoms with Gasteiger partial charge in [-0.05, 0) is 45.7 Å². The minimum absolute atomic E-state index is 0.0882. The second-order valence-electron chi connectivity index (χ2n) is 6.76. The van der Waals surface area contributed by atoms with Crippen molar-refractivity contribution in [1.29, 1.82) is 0 Å². The molecule has 0 amide bonds. The van der Waals surface area contributed by atoms with Gasteiger partial charge in [0.15, 0.2) is 0 Å². The number of carbonyl (C=O) groups excluding carboxylic acids is 1. The SMILES string of the molecule is Cc1ccc(C)c([C@@H]2CNC[C@H]2C(=O)OC(C)(C)C)c1. The summed E-state index contributed by atoms with van der Waals surface area (Å²) in [5, 5.41) is 3.33. The third-order valence-electron chi connectivity index (χ3n) is 3.76. The number of rotatable bonds is 2. The molecule has 3 nitrogen and oxygen atoms in total. The normalized spacial score (nSPS) is 22.9. The third kappa shape index (κ3) is 3.40. The molecule has 1 heterocycles. The Morgan fingerprint density at radius 3 is 2.60 bits per heavy atom. The molecule has 0 radical (unpaired) electrons. The summed E-state index contributed by atoms with van der Waals surface area (Å²) in [6, 6.07) is 6.45. The van der Waals surface area contributed by atoms with E-state index in [1.54, 1.807) is 0 Å². The standard InChI is InChI=1S/C17H25NO2/c1-11-6-7-12(2)13(8-11)14-9-18-10-15(14)16(19)20-17(3,4)5/h6-8,14-15,18H,9-10H2,1-5H3/t14-,15+/m0/s1. The predicted molar refractivity (Wildman–Crippen MR) is 80.9 cm³/mol. The van der Waals surface area contributed by atoms with Gasteiger partial charge in [0.1, 0.15) is 5.60 Å². The lowest BCUT2D eigenvalue weighted by Crippen LogP contribution is -2.32. The molecule has 2 atom stereocenters. The first-order valence-electron chi connectivity index (χ1n) is 7.28. The molecule has 110 valence electrons. The number of hydrogen-bond donors (Lipinski definition) is 1. The monoisotopic (exact) mass is 275 g/mol.